The molecule has 1 saturated carbocycles. The summed E-state index contributed by atoms with van der Waals surface area (Å²) < 4.78 is 0. The molecule has 1 aliphatic carbocycles. The van der Waals surface area contributed by atoms with Gasteiger partial charge >= 0.3 is 0 Å². The van der Waals surface area contributed by atoms with Gasteiger partial charge in [0.2, 0.25) is 5.91 Å². The molecule has 116 valence electrons. The minimum Gasteiger partial charge on any atom is -0.354 e. The molecule has 2 rings (SSSR count). The van der Waals surface area contributed by atoms with E-state index in [4.69, 9.17) is 0 Å². The molecule has 1 aliphatic rings. The van der Waals surface area contributed by atoms with Crippen LogP contribution >= 0.6 is 0 Å². The van der Waals surface area contributed by atoms with Crippen LogP contribution < -0.4 is 5.32 Å². The lowest BCUT2D eigenvalue weighted by molar-refractivity contribution is -0.122. The van der Waals surface area contributed by atoms with E-state index in [1.807, 2.05) is 20.2 Å². The molecule has 1 unspecified atom stereocenters. The Morgan fingerprint density at radius 2 is 1.90 bits per heavy atom. The molecule has 1 fully saturated rings. The fraction of sp³-hybridized carbons (Fsp3) is 0.611. The molecular weight excluding hydrogens is 260 g/mol. The lowest BCUT2D eigenvalue weighted by Crippen LogP contribution is -2.48. The fourth-order valence-electron chi connectivity index (χ4n) is 2.50. The number of carbonyl (C=O) groups excluding carboxylic acids is 1. The summed E-state index contributed by atoms with van der Waals surface area (Å²) in [4.78, 5) is 14.4. The molecule has 1 N–H and O–H groups in total. The van der Waals surface area contributed by atoms with Crippen molar-refractivity contribution in [3.8, 4) is 0 Å². The van der Waals surface area contributed by atoms with Crippen LogP contribution in [0.4, 0.5) is 0 Å². The second kappa shape index (κ2) is 6.61. The van der Waals surface area contributed by atoms with Crippen LogP contribution in [0.25, 0.3) is 0 Å². The van der Waals surface area contributed by atoms with E-state index < -0.39 is 0 Å². The smallest absolute Gasteiger partial charge is 0.220 e. The summed E-state index contributed by atoms with van der Waals surface area (Å²) in [6, 6.07) is 10.5. The first-order valence-corrected chi connectivity index (χ1v) is 7.89. The van der Waals surface area contributed by atoms with Crippen molar-refractivity contribution in [3.05, 3.63) is 35.9 Å². The quantitative estimate of drug-likeness (QED) is 0.836. The second-order valence-electron chi connectivity index (χ2n) is 7.04. The molecule has 1 aromatic rings. The molecule has 0 saturated heterocycles. The van der Waals surface area contributed by atoms with Gasteiger partial charge in [-0.3, -0.25) is 4.79 Å². The van der Waals surface area contributed by atoms with E-state index in [0.717, 1.165) is 0 Å². The van der Waals surface area contributed by atoms with Crippen molar-refractivity contribution in [1.82, 2.24) is 10.2 Å². The number of nitrogens with zero attached hydrogens (tertiary/aromatic N) is 1. The van der Waals surface area contributed by atoms with E-state index in [2.05, 4.69) is 48.3 Å². The van der Waals surface area contributed by atoms with E-state index in [1.54, 1.807) is 0 Å². The lowest BCUT2D eigenvalue weighted by Gasteiger charge is -2.32. The summed E-state index contributed by atoms with van der Waals surface area (Å²) >= 11 is 0. The third-order valence-electron chi connectivity index (χ3n) is 4.75. The first-order valence-electron chi connectivity index (χ1n) is 7.89. The van der Waals surface area contributed by atoms with Crippen molar-refractivity contribution in [2.24, 2.45) is 5.92 Å². The average Bonchev–Trinajstić information content (AvgIpc) is 3.28. The number of amides is 1. The fourth-order valence-corrected chi connectivity index (χ4v) is 2.50. The standard InChI is InChI=1S/C18H28N2O/c1-18(2,20(3)4)13-19-17(21)12-16(15-10-11-15)14-8-6-5-7-9-14/h5-9,15-16H,10-13H2,1-4H3,(H,19,21). The molecule has 21 heavy (non-hydrogen) atoms. The van der Waals surface area contributed by atoms with E-state index in [0.29, 0.717) is 24.8 Å². The van der Waals surface area contributed by atoms with Crippen LogP contribution in [0.5, 0.6) is 0 Å². The van der Waals surface area contributed by atoms with E-state index in [9.17, 15) is 4.79 Å². The van der Waals surface area contributed by atoms with Crippen LogP contribution in [0.2, 0.25) is 0 Å². The van der Waals surface area contributed by atoms with Crippen molar-refractivity contribution in [2.75, 3.05) is 20.6 Å². The van der Waals surface area contributed by atoms with Gasteiger partial charge in [0, 0.05) is 18.5 Å². The normalized spacial score (nSPS) is 16.8. The molecule has 0 radical (unpaired) electrons. The molecule has 0 bridgehead atoms. The summed E-state index contributed by atoms with van der Waals surface area (Å²) in [5.41, 5.74) is 1.29. The highest BCUT2D eigenvalue weighted by Gasteiger charge is 2.33. The van der Waals surface area contributed by atoms with Gasteiger partial charge in [-0.2, -0.15) is 0 Å². The van der Waals surface area contributed by atoms with Crippen LogP contribution in [-0.4, -0.2) is 37.0 Å². The zero-order valence-corrected chi connectivity index (χ0v) is 13.7. The van der Waals surface area contributed by atoms with Crippen LogP contribution in [0.15, 0.2) is 30.3 Å². The predicted octanol–water partition coefficient (Wildman–Crippen LogP) is 3.03. The molecule has 0 aliphatic heterocycles. The van der Waals surface area contributed by atoms with Gasteiger partial charge < -0.3 is 10.2 Å². The van der Waals surface area contributed by atoms with Gasteiger partial charge in [-0.25, -0.2) is 0 Å². The zero-order chi connectivity index (χ0) is 15.5. The van der Waals surface area contributed by atoms with Gasteiger partial charge in [-0.15, -0.1) is 0 Å². The summed E-state index contributed by atoms with van der Waals surface area (Å²) in [6.07, 6.45) is 3.13. The van der Waals surface area contributed by atoms with Gasteiger partial charge in [-0.1, -0.05) is 30.3 Å². The second-order valence-corrected chi connectivity index (χ2v) is 7.04. The Balaban J connectivity index is 1.91. The highest BCUT2D eigenvalue weighted by atomic mass is 16.1. The van der Waals surface area contributed by atoms with Gasteiger partial charge in [0.25, 0.3) is 0 Å². The number of benzene rings is 1. The Morgan fingerprint density at radius 3 is 2.43 bits per heavy atom. The number of likely N-dealkylation sites (N-methyl/N-ethyl adjacent to an activating group) is 1. The Morgan fingerprint density at radius 1 is 1.29 bits per heavy atom. The van der Waals surface area contributed by atoms with Gasteiger partial charge in [0.05, 0.1) is 0 Å². The van der Waals surface area contributed by atoms with Gasteiger partial charge in [-0.05, 0) is 58.2 Å². The zero-order valence-electron chi connectivity index (χ0n) is 13.7. The first-order chi connectivity index (χ1) is 9.90. The third-order valence-corrected chi connectivity index (χ3v) is 4.75. The minimum atomic E-state index is -0.0164. The van der Waals surface area contributed by atoms with Crippen molar-refractivity contribution >= 4 is 5.91 Å². The van der Waals surface area contributed by atoms with Crippen molar-refractivity contribution in [1.29, 1.82) is 0 Å². The number of carbonyl (C=O) groups is 1. The molecule has 1 aromatic carbocycles. The van der Waals surface area contributed by atoms with Crippen molar-refractivity contribution in [2.45, 2.75) is 44.6 Å². The molecule has 3 nitrogen and oxygen atoms in total. The van der Waals surface area contributed by atoms with Crippen LogP contribution in [0.1, 0.15) is 44.6 Å². The molecule has 0 heterocycles. The highest BCUT2D eigenvalue weighted by molar-refractivity contribution is 5.77. The van der Waals surface area contributed by atoms with Gasteiger partial charge in [0.15, 0.2) is 0 Å². The number of hydrogen-bond donors (Lipinski definition) is 1. The minimum absolute atomic E-state index is 0.0164. The Labute approximate surface area is 128 Å². The third kappa shape index (κ3) is 4.57. The molecule has 1 atom stereocenters. The summed E-state index contributed by atoms with van der Waals surface area (Å²) in [5.74, 6) is 1.25. The highest BCUT2D eigenvalue weighted by Crippen LogP contribution is 2.44. The predicted molar refractivity (Wildman–Crippen MR) is 87.3 cm³/mol. The molecule has 3 heteroatoms. The first kappa shape index (κ1) is 16.0. The van der Waals surface area contributed by atoms with E-state index in [-0.39, 0.29) is 11.4 Å². The van der Waals surface area contributed by atoms with E-state index >= 15 is 0 Å². The number of hydrogen-bond acceptors (Lipinski definition) is 2. The summed E-state index contributed by atoms with van der Waals surface area (Å²) in [5, 5.41) is 3.11. The Hall–Kier alpha value is -1.35. The molecule has 0 aromatic heterocycles. The summed E-state index contributed by atoms with van der Waals surface area (Å²) in [7, 11) is 4.09. The van der Waals surface area contributed by atoms with Crippen molar-refractivity contribution < 1.29 is 4.79 Å². The average molecular weight is 288 g/mol. The lowest BCUT2D eigenvalue weighted by atomic mass is 9.90. The number of rotatable bonds is 7. The van der Waals surface area contributed by atoms with Crippen LogP contribution in [-0.2, 0) is 4.79 Å². The molecule has 1 amide bonds. The summed E-state index contributed by atoms with van der Waals surface area (Å²) in [6.45, 7) is 4.97. The maximum Gasteiger partial charge on any atom is 0.220 e. The maximum atomic E-state index is 12.3. The van der Waals surface area contributed by atoms with E-state index in [1.165, 1.54) is 18.4 Å². The Kier molecular flexibility index (Phi) is 5.04. The topological polar surface area (TPSA) is 32.3 Å². The SMILES string of the molecule is CN(C)C(C)(C)CNC(=O)CC(c1ccccc1)C1CC1. The maximum absolute atomic E-state index is 12.3. The van der Waals surface area contributed by atoms with Crippen molar-refractivity contribution in [3.63, 3.8) is 0 Å². The molecule has 0 spiro atoms. The number of nitrogens with one attached hydrogen (secondary N) is 1. The monoisotopic (exact) mass is 288 g/mol. The Bertz CT molecular complexity index is 463. The van der Waals surface area contributed by atoms with Crippen LogP contribution in [0, 0.1) is 5.92 Å². The molecular formula is C18H28N2O. The van der Waals surface area contributed by atoms with Gasteiger partial charge in [0.1, 0.15) is 0 Å². The largest absolute Gasteiger partial charge is 0.354 e. The van der Waals surface area contributed by atoms with Crippen LogP contribution in [0.3, 0.4) is 0 Å².